The molecule has 2 rings (SSSR count). The van der Waals surface area contributed by atoms with Gasteiger partial charge in [-0.2, -0.15) is 0 Å². The van der Waals surface area contributed by atoms with E-state index in [1.54, 1.807) is 0 Å². The number of hydrogen-bond donors (Lipinski definition) is 1. The minimum atomic E-state index is 0.0320. The number of carbonyl (C=O) groups is 1. The molecule has 0 aliphatic carbocycles. The lowest BCUT2D eigenvalue weighted by Crippen LogP contribution is -2.33. The first-order valence-electron chi connectivity index (χ1n) is 7.18. The summed E-state index contributed by atoms with van der Waals surface area (Å²) in [4.78, 5) is 13.9. The molecule has 1 atom stereocenters. The Hall–Kier alpha value is -1.55. The molecule has 4 heteroatoms. The number of aryl methyl sites for hydroxylation is 2. The van der Waals surface area contributed by atoms with E-state index in [0.29, 0.717) is 5.92 Å². The number of aliphatic hydroxyl groups excluding tert-OH is 1. The molecule has 1 fully saturated rings. The molecular formula is C16H23NO3. The summed E-state index contributed by atoms with van der Waals surface area (Å²) in [7, 11) is 0. The second kappa shape index (κ2) is 6.75. The van der Waals surface area contributed by atoms with Gasteiger partial charge in [0, 0.05) is 19.7 Å². The van der Waals surface area contributed by atoms with Gasteiger partial charge in [0.05, 0.1) is 0 Å². The number of benzene rings is 1. The van der Waals surface area contributed by atoms with Gasteiger partial charge >= 0.3 is 0 Å². The number of nitrogens with zero attached hydrogens (tertiary/aromatic N) is 1. The summed E-state index contributed by atoms with van der Waals surface area (Å²) in [5, 5.41) is 8.93. The fourth-order valence-electron chi connectivity index (χ4n) is 2.73. The van der Waals surface area contributed by atoms with Crippen molar-refractivity contribution in [1.29, 1.82) is 0 Å². The van der Waals surface area contributed by atoms with Gasteiger partial charge < -0.3 is 14.7 Å². The Morgan fingerprint density at radius 2 is 2.05 bits per heavy atom. The van der Waals surface area contributed by atoms with Crippen LogP contribution in [-0.2, 0) is 4.79 Å². The molecule has 1 aliphatic heterocycles. The molecule has 1 amide bonds. The van der Waals surface area contributed by atoms with Crippen LogP contribution in [0.3, 0.4) is 0 Å². The third kappa shape index (κ3) is 3.97. The van der Waals surface area contributed by atoms with Crippen LogP contribution in [0.25, 0.3) is 0 Å². The second-order valence-corrected chi connectivity index (χ2v) is 5.62. The van der Waals surface area contributed by atoms with Gasteiger partial charge in [0.15, 0.2) is 6.61 Å². The lowest BCUT2D eigenvalue weighted by molar-refractivity contribution is -0.132. The van der Waals surface area contributed by atoms with Crippen LogP contribution >= 0.6 is 0 Å². The maximum Gasteiger partial charge on any atom is 0.260 e. The Morgan fingerprint density at radius 3 is 2.70 bits per heavy atom. The average Bonchev–Trinajstić information content (AvgIpc) is 2.84. The summed E-state index contributed by atoms with van der Waals surface area (Å²) >= 11 is 0. The summed E-state index contributed by atoms with van der Waals surface area (Å²) in [6.07, 6.45) is 1.76. The highest BCUT2D eigenvalue weighted by molar-refractivity contribution is 5.78. The Kier molecular flexibility index (Phi) is 5.01. The van der Waals surface area contributed by atoms with Gasteiger partial charge in [0.1, 0.15) is 5.75 Å². The maximum atomic E-state index is 12.1. The monoisotopic (exact) mass is 277 g/mol. The molecule has 0 saturated carbocycles. The Balaban J connectivity index is 1.83. The average molecular weight is 277 g/mol. The highest BCUT2D eigenvalue weighted by atomic mass is 16.5. The van der Waals surface area contributed by atoms with E-state index in [-0.39, 0.29) is 19.1 Å². The van der Waals surface area contributed by atoms with E-state index in [4.69, 9.17) is 9.84 Å². The molecular weight excluding hydrogens is 254 g/mol. The summed E-state index contributed by atoms with van der Waals surface area (Å²) in [6.45, 7) is 5.85. The molecule has 110 valence electrons. The van der Waals surface area contributed by atoms with Crippen LogP contribution in [0, 0.1) is 19.8 Å². The van der Waals surface area contributed by atoms with Crippen LogP contribution < -0.4 is 4.74 Å². The minimum absolute atomic E-state index is 0.0320. The molecule has 1 aromatic rings. The molecule has 1 N–H and O–H groups in total. The molecule has 4 nitrogen and oxygen atoms in total. The third-order valence-corrected chi connectivity index (χ3v) is 3.73. The van der Waals surface area contributed by atoms with Crippen molar-refractivity contribution in [2.75, 3.05) is 26.3 Å². The topological polar surface area (TPSA) is 49.8 Å². The summed E-state index contributed by atoms with van der Waals surface area (Å²) in [6, 6.07) is 5.96. The van der Waals surface area contributed by atoms with Crippen LogP contribution in [0.15, 0.2) is 18.2 Å². The third-order valence-electron chi connectivity index (χ3n) is 3.73. The SMILES string of the molecule is Cc1cc(C)cc(OCC(=O)N2CCC(CCO)C2)c1. The molecule has 1 saturated heterocycles. The Labute approximate surface area is 120 Å². The number of hydrogen-bond acceptors (Lipinski definition) is 3. The van der Waals surface area contributed by atoms with Gasteiger partial charge in [0.25, 0.3) is 5.91 Å². The first-order chi connectivity index (χ1) is 9.58. The number of rotatable bonds is 5. The van der Waals surface area contributed by atoms with Crippen LogP contribution in [0.1, 0.15) is 24.0 Å². The molecule has 0 radical (unpaired) electrons. The summed E-state index contributed by atoms with van der Waals surface area (Å²) < 4.78 is 5.60. The van der Waals surface area contributed by atoms with Crippen LogP contribution in [0.4, 0.5) is 0 Å². The predicted molar refractivity (Wildman–Crippen MR) is 77.8 cm³/mol. The van der Waals surface area contributed by atoms with Gasteiger partial charge in [-0.1, -0.05) is 6.07 Å². The van der Waals surface area contributed by atoms with Crippen molar-refractivity contribution in [1.82, 2.24) is 4.90 Å². The van der Waals surface area contributed by atoms with Crippen molar-refractivity contribution in [2.45, 2.75) is 26.7 Å². The fraction of sp³-hybridized carbons (Fsp3) is 0.562. The van der Waals surface area contributed by atoms with Gasteiger partial charge in [-0.3, -0.25) is 4.79 Å². The first kappa shape index (κ1) is 14.9. The van der Waals surface area contributed by atoms with Crippen LogP contribution in [0.5, 0.6) is 5.75 Å². The van der Waals surface area contributed by atoms with Crippen molar-refractivity contribution < 1.29 is 14.6 Å². The highest BCUT2D eigenvalue weighted by Crippen LogP contribution is 2.20. The second-order valence-electron chi connectivity index (χ2n) is 5.62. The zero-order valence-electron chi connectivity index (χ0n) is 12.3. The fourth-order valence-corrected chi connectivity index (χ4v) is 2.73. The van der Waals surface area contributed by atoms with Crippen molar-refractivity contribution in [3.8, 4) is 5.75 Å². The van der Waals surface area contributed by atoms with Gasteiger partial charge in [0.2, 0.25) is 0 Å². The normalized spacial score (nSPS) is 18.4. The van der Waals surface area contributed by atoms with Crippen LogP contribution in [0.2, 0.25) is 0 Å². The molecule has 0 spiro atoms. The molecule has 1 unspecified atom stereocenters. The zero-order valence-corrected chi connectivity index (χ0v) is 12.3. The number of ether oxygens (including phenoxy) is 1. The van der Waals surface area contributed by atoms with Gasteiger partial charge in [-0.05, 0) is 55.9 Å². The Morgan fingerprint density at radius 1 is 1.35 bits per heavy atom. The van der Waals surface area contributed by atoms with Crippen molar-refractivity contribution in [3.05, 3.63) is 29.3 Å². The molecule has 0 aromatic heterocycles. The molecule has 1 heterocycles. The number of likely N-dealkylation sites (tertiary alicyclic amines) is 1. The molecule has 1 aromatic carbocycles. The number of aliphatic hydroxyl groups is 1. The van der Waals surface area contributed by atoms with Gasteiger partial charge in [-0.25, -0.2) is 0 Å². The standard InChI is InChI=1S/C16H23NO3/c1-12-7-13(2)9-15(8-12)20-11-16(19)17-5-3-14(10-17)4-6-18/h7-9,14,18H,3-6,10-11H2,1-2H3. The Bertz CT molecular complexity index is 453. The van der Waals surface area contributed by atoms with E-state index in [0.717, 1.165) is 42.8 Å². The van der Waals surface area contributed by atoms with E-state index < -0.39 is 0 Å². The van der Waals surface area contributed by atoms with Crippen LogP contribution in [-0.4, -0.2) is 42.2 Å². The predicted octanol–water partition coefficient (Wildman–Crippen LogP) is 1.91. The summed E-state index contributed by atoms with van der Waals surface area (Å²) in [5.74, 6) is 1.22. The minimum Gasteiger partial charge on any atom is -0.484 e. The quantitative estimate of drug-likeness (QED) is 0.894. The van der Waals surface area contributed by atoms with E-state index in [1.807, 2.05) is 30.9 Å². The molecule has 1 aliphatic rings. The van der Waals surface area contributed by atoms with Crippen molar-refractivity contribution in [2.24, 2.45) is 5.92 Å². The highest BCUT2D eigenvalue weighted by Gasteiger charge is 2.25. The van der Waals surface area contributed by atoms with E-state index >= 15 is 0 Å². The first-order valence-corrected chi connectivity index (χ1v) is 7.18. The van der Waals surface area contributed by atoms with E-state index in [2.05, 4.69) is 6.07 Å². The number of carbonyl (C=O) groups excluding carboxylic acids is 1. The molecule has 20 heavy (non-hydrogen) atoms. The van der Waals surface area contributed by atoms with E-state index in [9.17, 15) is 4.79 Å². The zero-order chi connectivity index (χ0) is 14.5. The number of amides is 1. The van der Waals surface area contributed by atoms with Crippen molar-refractivity contribution >= 4 is 5.91 Å². The smallest absolute Gasteiger partial charge is 0.260 e. The molecule has 0 bridgehead atoms. The summed E-state index contributed by atoms with van der Waals surface area (Å²) in [5.41, 5.74) is 2.27. The van der Waals surface area contributed by atoms with Gasteiger partial charge in [-0.15, -0.1) is 0 Å². The lowest BCUT2D eigenvalue weighted by atomic mass is 10.1. The van der Waals surface area contributed by atoms with Crippen molar-refractivity contribution in [3.63, 3.8) is 0 Å². The van der Waals surface area contributed by atoms with E-state index in [1.165, 1.54) is 0 Å². The lowest BCUT2D eigenvalue weighted by Gasteiger charge is -2.17. The maximum absolute atomic E-state index is 12.1. The largest absolute Gasteiger partial charge is 0.484 e.